The highest BCUT2D eigenvalue weighted by atomic mass is 32.2. The molecule has 1 saturated heterocycles. The Morgan fingerprint density at radius 1 is 1.16 bits per heavy atom. The lowest BCUT2D eigenvalue weighted by molar-refractivity contribution is 0.00994. The second kappa shape index (κ2) is 8.69. The van der Waals surface area contributed by atoms with E-state index in [1.165, 1.54) is 22.5 Å². The Morgan fingerprint density at radius 2 is 1.84 bits per heavy atom. The van der Waals surface area contributed by atoms with Gasteiger partial charge in [0.05, 0.1) is 17.1 Å². The van der Waals surface area contributed by atoms with Crippen LogP contribution in [-0.2, 0) is 15.0 Å². The van der Waals surface area contributed by atoms with Crippen LogP contribution in [0.1, 0.15) is 12.8 Å². The van der Waals surface area contributed by atoms with Crippen LogP contribution in [0.2, 0.25) is 0 Å². The molecule has 2 atom stereocenters. The third kappa shape index (κ3) is 4.16. The summed E-state index contributed by atoms with van der Waals surface area (Å²) in [6.07, 6.45) is -0.330. The molecule has 0 radical (unpaired) electrons. The fraction of sp³-hybridized carbons (Fsp3) is 0.350. The zero-order valence-electron chi connectivity index (χ0n) is 16.6. The van der Waals surface area contributed by atoms with E-state index in [1.807, 2.05) is 0 Å². The molecule has 2 aliphatic rings. The van der Waals surface area contributed by atoms with Crippen molar-refractivity contribution in [1.82, 2.24) is 10.8 Å². The van der Waals surface area contributed by atoms with Crippen LogP contribution in [0.3, 0.4) is 0 Å². The highest BCUT2D eigenvalue weighted by Crippen LogP contribution is 2.46. The number of hydrogen-bond acceptors (Lipinski definition) is 6. The van der Waals surface area contributed by atoms with Crippen LogP contribution in [0, 0.1) is 11.7 Å². The highest BCUT2D eigenvalue weighted by Gasteiger charge is 2.42. The van der Waals surface area contributed by atoms with Gasteiger partial charge in [-0.1, -0.05) is 24.3 Å². The van der Waals surface area contributed by atoms with Gasteiger partial charge in [-0.05, 0) is 56.1 Å². The molecular weight excluding hydrogens is 427 g/mol. The maximum Gasteiger partial charge on any atom is 0.525 e. The molecule has 4 rings (SSSR count). The number of para-hydroxylation sites is 3. The Hall–Kier alpha value is -2.89. The lowest BCUT2D eigenvalue weighted by Gasteiger charge is -2.33. The summed E-state index contributed by atoms with van der Waals surface area (Å²) >= 11 is 0. The molecular formula is C20H23FN4O5S. The molecule has 0 saturated carbocycles. The number of hydrogen-bond donors (Lipinski definition) is 3. The van der Waals surface area contributed by atoms with Crippen molar-refractivity contribution in [3.8, 4) is 0 Å². The molecule has 2 heterocycles. The normalized spacial score (nSPS) is 22.2. The number of hydroxylamine groups is 1. The zero-order valence-corrected chi connectivity index (χ0v) is 17.4. The molecule has 0 amide bonds. The van der Waals surface area contributed by atoms with E-state index >= 15 is 0 Å². The average molecular weight is 450 g/mol. The largest absolute Gasteiger partial charge is 0.525 e. The third-order valence-corrected chi connectivity index (χ3v) is 7.35. The Bertz CT molecular complexity index is 1070. The molecule has 2 aromatic carbocycles. The van der Waals surface area contributed by atoms with E-state index in [0.29, 0.717) is 37.3 Å². The second-order valence-corrected chi connectivity index (χ2v) is 9.12. The molecule has 2 unspecified atom stereocenters. The molecule has 0 bridgehead atoms. The first-order valence-electron chi connectivity index (χ1n) is 9.92. The molecule has 31 heavy (non-hydrogen) atoms. The van der Waals surface area contributed by atoms with E-state index in [2.05, 4.69) is 15.6 Å². The van der Waals surface area contributed by atoms with Crippen molar-refractivity contribution in [3.05, 3.63) is 54.3 Å². The van der Waals surface area contributed by atoms with Crippen LogP contribution in [0.5, 0.6) is 0 Å². The monoisotopic (exact) mass is 450 g/mol. The van der Waals surface area contributed by atoms with Crippen molar-refractivity contribution in [2.45, 2.75) is 18.9 Å². The minimum atomic E-state index is -4.05. The summed E-state index contributed by atoms with van der Waals surface area (Å²) in [4.78, 5) is 15.2. The van der Waals surface area contributed by atoms with Crippen LogP contribution in [0.4, 0.5) is 26.2 Å². The average Bonchev–Trinajstić information content (AvgIpc) is 2.97. The lowest BCUT2D eigenvalue weighted by Crippen LogP contribution is -2.49. The van der Waals surface area contributed by atoms with Gasteiger partial charge in [0.2, 0.25) is 0 Å². The molecule has 9 nitrogen and oxygen atoms in total. The molecule has 11 heteroatoms. The predicted octanol–water partition coefficient (Wildman–Crippen LogP) is 2.60. The van der Waals surface area contributed by atoms with Crippen molar-refractivity contribution >= 4 is 33.4 Å². The number of rotatable bonds is 6. The first-order chi connectivity index (χ1) is 14.9. The number of fused-ring (bicyclic) bond motifs is 1. The Morgan fingerprint density at radius 3 is 2.55 bits per heavy atom. The number of anilines is 3. The molecule has 0 spiro atoms. The van der Waals surface area contributed by atoms with Crippen LogP contribution < -0.4 is 19.4 Å². The Balaban J connectivity index is 1.59. The van der Waals surface area contributed by atoms with Crippen molar-refractivity contribution in [1.29, 1.82) is 0 Å². The number of carbonyl (C=O) groups is 1. The van der Waals surface area contributed by atoms with Crippen LogP contribution >= 0.6 is 0 Å². The Labute approximate surface area is 179 Å². The van der Waals surface area contributed by atoms with E-state index in [0.717, 1.165) is 4.31 Å². The predicted molar refractivity (Wildman–Crippen MR) is 113 cm³/mol. The summed E-state index contributed by atoms with van der Waals surface area (Å²) < 4.78 is 43.6. The van der Waals surface area contributed by atoms with Crippen LogP contribution in [0.15, 0.2) is 48.5 Å². The highest BCUT2D eigenvalue weighted by molar-refractivity contribution is 7.95. The summed E-state index contributed by atoms with van der Waals surface area (Å²) in [5.74, 6) is -0.688. The SMILES string of the molecule is O=C(O)ONC1CCNCC1CCN1c2ccccc2N(c2ccccc2F)S1(=O)=O. The minimum Gasteiger partial charge on any atom is -0.448 e. The first kappa shape index (κ1) is 21.3. The van der Waals surface area contributed by atoms with Gasteiger partial charge in [-0.15, -0.1) is 5.48 Å². The third-order valence-electron chi connectivity index (χ3n) is 5.56. The van der Waals surface area contributed by atoms with Gasteiger partial charge in [0.15, 0.2) is 0 Å². The number of nitrogens with one attached hydrogen (secondary N) is 2. The fourth-order valence-corrected chi connectivity index (χ4v) is 5.83. The van der Waals surface area contributed by atoms with Gasteiger partial charge in [0, 0.05) is 12.6 Å². The van der Waals surface area contributed by atoms with E-state index in [-0.39, 0.29) is 24.2 Å². The molecule has 166 valence electrons. The first-order valence-corrected chi connectivity index (χ1v) is 11.3. The van der Waals surface area contributed by atoms with E-state index < -0.39 is 22.2 Å². The second-order valence-electron chi connectivity index (χ2n) is 7.42. The molecule has 2 aliphatic heterocycles. The smallest absolute Gasteiger partial charge is 0.448 e. The maximum absolute atomic E-state index is 14.5. The quantitative estimate of drug-likeness (QED) is 0.580. The minimum absolute atomic E-state index is 0.0359. The summed E-state index contributed by atoms with van der Waals surface area (Å²) in [5.41, 5.74) is 3.39. The topological polar surface area (TPSA) is 111 Å². The number of piperidine rings is 1. The van der Waals surface area contributed by atoms with Gasteiger partial charge >= 0.3 is 16.4 Å². The standard InChI is InChI=1S/C20H23FN4O5S/c21-15-5-1-2-6-17(15)25-19-8-4-3-7-18(19)24(31(25,28)29)12-10-14-13-22-11-9-16(14)23-30-20(26)27/h1-8,14,16,22-23H,9-13H2,(H,26,27). The van der Waals surface area contributed by atoms with Gasteiger partial charge in [-0.3, -0.25) is 4.31 Å². The van der Waals surface area contributed by atoms with Gasteiger partial charge < -0.3 is 15.3 Å². The van der Waals surface area contributed by atoms with Gasteiger partial charge in [-0.25, -0.2) is 13.5 Å². The number of nitrogens with zero attached hydrogens (tertiary/aromatic N) is 2. The summed E-state index contributed by atoms with van der Waals surface area (Å²) in [6.45, 7) is 1.44. The van der Waals surface area contributed by atoms with Crippen LogP contribution in [-0.4, -0.2) is 45.4 Å². The van der Waals surface area contributed by atoms with Crippen molar-refractivity contribution in [2.24, 2.45) is 5.92 Å². The van der Waals surface area contributed by atoms with Gasteiger partial charge in [0.1, 0.15) is 5.82 Å². The summed E-state index contributed by atoms with van der Waals surface area (Å²) in [7, 11) is -4.05. The summed E-state index contributed by atoms with van der Waals surface area (Å²) in [5, 5.41) is 12.0. The molecule has 2 aromatic rings. The Kier molecular flexibility index (Phi) is 5.99. The van der Waals surface area contributed by atoms with E-state index in [4.69, 9.17) is 5.11 Å². The van der Waals surface area contributed by atoms with E-state index in [9.17, 15) is 17.6 Å². The van der Waals surface area contributed by atoms with E-state index in [1.54, 1.807) is 30.3 Å². The van der Waals surface area contributed by atoms with Gasteiger partial charge in [-0.2, -0.15) is 8.42 Å². The van der Waals surface area contributed by atoms with Crippen molar-refractivity contribution < 1.29 is 27.5 Å². The molecule has 0 aliphatic carbocycles. The number of halogens is 1. The van der Waals surface area contributed by atoms with Crippen molar-refractivity contribution in [3.63, 3.8) is 0 Å². The summed E-state index contributed by atoms with van der Waals surface area (Å²) in [6, 6.07) is 12.3. The zero-order chi connectivity index (χ0) is 22.0. The molecule has 0 aromatic heterocycles. The fourth-order valence-electron chi connectivity index (χ4n) is 4.09. The number of benzene rings is 2. The van der Waals surface area contributed by atoms with Crippen molar-refractivity contribution in [2.75, 3.05) is 28.2 Å². The van der Waals surface area contributed by atoms with Crippen LogP contribution in [0.25, 0.3) is 0 Å². The lowest BCUT2D eigenvalue weighted by atomic mass is 9.91. The number of carboxylic acid groups (broad SMARTS) is 1. The maximum atomic E-state index is 14.5. The molecule has 1 fully saturated rings. The molecule has 3 N–H and O–H groups in total. The van der Waals surface area contributed by atoms with Gasteiger partial charge in [0.25, 0.3) is 0 Å².